The maximum atomic E-state index is 12.3. The molecule has 0 atom stereocenters. The summed E-state index contributed by atoms with van der Waals surface area (Å²) in [5.41, 5.74) is 4.66. The Morgan fingerprint density at radius 2 is 1.79 bits per heavy atom. The van der Waals surface area contributed by atoms with Crippen molar-refractivity contribution in [2.75, 3.05) is 18.5 Å². The van der Waals surface area contributed by atoms with Gasteiger partial charge >= 0.3 is 0 Å². The number of anilines is 1. The first-order valence-corrected chi connectivity index (χ1v) is 9.43. The average Bonchev–Trinajstić information content (AvgIpc) is 3.09. The van der Waals surface area contributed by atoms with Crippen LogP contribution in [0.25, 0.3) is 0 Å². The molecule has 1 aliphatic rings. The molecule has 2 aromatic carbocycles. The number of carbonyl (C=O) groups excluding carboxylic acids is 1. The fourth-order valence-electron chi connectivity index (χ4n) is 3.26. The molecular weight excluding hydrogens is 352 g/mol. The maximum absolute atomic E-state index is 12.3. The second-order valence-electron chi connectivity index (χ2n) is 7.72. The first-order chi connectivity index (χ1) is 13.5. The van der Waals surface area contributed by atoms with Crippen molar-refractivity contribution in [1.82, 2.24) is 15.0 Å². The van der Waals surface area contributed by atoms with Crippen molar-refractivity contribution in [3.8, 4) is 0 Å². The summed E-state index contributed by atoms with van der Waals surface area (Å²) in [4.78, 5) is 13.9. The van der Waals surface area contributed by atoms with E-state index in [-0.39, 0.29) is 11.3 Å². The van der Waals surface area contributed by atoms with Gasteiger partial charge in [0.1, 0.15) is 0 Å². The van der Waals surface area contributed by atoms with Crippen molar-refractivity contribution in [1.29, 1.82) is 0 Å². The predicted molar refractivity (Wildman–Crippen MR) is 107 cm³/mol. The molecule has 1 fully saturated rings. The van der Waals surface area contributed by atoms with Crippen LogP contribution in [0.4, 0.5) is 5.82 Å². The van der Waals surface area contributed by atoms with Gasteiger partial charge in [0.2, 0.25) is 5.91 Å². The first kappa shape index (κ1) is 18.4. The smallest absolute Gasteiger partial charge is 0.230 e. The Hall–Kier alpha value is -2.99. The van der Waals surface area contributed by atoms with Gasteiger partial charge in [0.15, 0.2) is 5.82 Å². The Labute approximate surface area is 164 Å². The molecule has 0 bridgehead atoms. The van der Waals surface area contributed by atoms with Crippen molar-refractivity contribution in [3.63, 3.8) is 0 Å². The molecule has 1 aromatic heterocycles. The van der Waals surface area contributed by atoms with Gasteiger partial charge in [-0.25, -0.2) is 0 Å². The van der Waals surface area contributed by atoms with E-state index < -0.39 is 0 Å². The number of nitrogens with one attached hydrogen (secondary N) is 1. The van der Waals surface area contributed by atoms with Crippen molar-refractivity contribution >= 4 is 11.7 Å². The molecule has 2 heterocycles. The molecule has 0 unspecified atom stereocenters. The number of nitrogens with zero attached hydrogens (tertiary/aromatic N) is 3. The third kappa shape index (κ3) is 4.12. The van der Waals surface area contributed by atoms with Gasteiger partial charge in [0, 0.05) is 5.41 Å². The number of carbonyl (C=O) groups is 1. The van der Waals surface area contributed by atoms with E-state index in [2.05, 4.69) is 65.8 Å². The SMILES string of the molecule is Cc1ccc(Cn2ncc(NC(=O)Cc3ccc(C4(C)COC4)cc3)n2)cc1. The van der Waals surface area contributed by atoms with Crippen LogP contribution in [0, 0.1) is 6.92 Å². The largest absolute Gasteiger partial charge is 0.379 e. The molecule has 4 rings (SSSR count). The minimum Gasteiger partial charge on any atom is -0.379 e. The first-order valence-electron chi connectivity index (χ1n) is 9.43. The zero-order valence-corrected chi connectivity index (χ0v) is 16.2. The highest BCUT2D eigenvalue weighted by molar-refractivity contribution is 5.91. The fraction of sp³-hybridized carbons (Fsp3) is 0.318. The molecule has 0 spiro atoms. The lowest BCUT2D eigenvalue weighted by atomic mass is 9.80. The van der Waals surface area contributed by atoms with Crippen molar-refractivity contribution < 1.29 is 9.53 Å². The maximum Gasteiger partial charge on any atom is 0.230 e. The molecule has 1 aliphatic heterocycles. The molecule has 6 heteroatoms. The van der Waals surface area contributed by atoms with E-state index in [4.69, 9.17) is 4.74 Å². The number of amides is 1. The lowest BCUT2D eigenvalue weighted by molar-refractivity contribution is -0.115. The standard InChI is InChI=1S/C22H24N4O2/c1-16-3-5-18(6-4-16)13-26-23-12-20(25-26)24-21(27)11-17-7-9-19(10-8-17)22(2)14-28-15-22/h3-10,12H,11,13-15H2,1-2H3,(H,24,25,27). The summed E-state index contributed by atoms with van der Waals surface area (Å²) in [5.74, 6) is 0.362. The molecule has 0 aliphatic carbocycles. The van der Waals surface area contributed by atoms with Crippen LogP contribution < -0.4 is 5.32 Å². The number of aryl methyl sites for hydroxylation is 1. The van der Waals surface area contributed by atoms with Crippen LogP contribution in [0.2, 0.25) is 0 Å². The number of aromatic nitrogens is 3. The molecule has 144 valence electrons. The third-order valence-electron chi connectivity index (χ3n) is 5.11. The Morgan fingerprint density at radius 3 is 2.43 bits per heavy atom. The highest BCUT2D eigenvalue weighted by Gasteiger charge is 2.34. The van der Waals surface area contributed by atoms with Gasteiger partial charge in [0.05, 0.1) is 32.4 Å². The normalized spacial score (nSPS) is 15.1. The highest BCUT2D eigenvalue weighted by Crippen LogP contribution is 2.31. The van der Waals surface area contributed by atoms with Crippen LogP contribution in [-0.2, 0) is 27.9 Å². The number of ether oxygens (including phenoxy) is 1. The Kier molecular flexibility index (Phi) is 4.96. The van der Waals surface area contributed by atoms with E-state index in [1.807, 2.05) is 12.1 Å². The van der Waals surface area contributed by atoms with Crippen molar-refractivity contribution in [2.24, 2.45) is 0 Å². The molecule has 0 saturated carbocycles. The van der Waals surface area contributed by atoms with Gasteiger partial charge in [-0.15, -0.1) is 5.10 Å². The molecule has 0 radical (unpaired) electrons. The second-order valence-corrected chi connectivity index (χ2v) is 7.72. The van der Waals surface area contributed by atoms with Crippen molar-refractivity contribution in [2.45, 2.75) is 32.2 Å². The molecule has 1 amide bonds. The van der Waals surface area contributed by atoms with Gasteiger partial charge < -0.3 is 10.1 Å². The van der Waals surface area contributed by atoms with E-state index in [1.54, 1.807) is 11.0 Å². The Morgan fingerprint density at radius 1 is 1.11 bits per heavy atom. The van der Waals surface area contributed by atoms with Crippen LogP contribution in [0.1, 0.15) is 29.2 Å². The van der Waals surface area contributed by atoms with E-state index in [0.717, 1.165) is 24.3 Å². The Balaban J connectivity index is 1.32. The lowest BCUT2D eigenvalue weighted by Gasteiger charge is -2.38. The number of hydrogen-bond donors (Lipinski definition) is 1. The summed E-state index contributed by atoms with van der Waals surface area (Å²) in [5, 5.41) is 11.4. The van der Waals surface area contributed by atoms with Crippen LogP contribution in [0.3, 0.4) is 0 Å². The molecule has 3 aromatic rings. The number of hydrogen-bond acceptors (Lipinski definition) is 4. The van der Waals surface area contributed by atoms with Crippen LogP contribution in [0.15, 0.2) is 54.7 Å². The number of rotatable bonds is 6. The zero-order valence-electron chi connectivity index (χ0n) is 16.2. The van der Waals surface area contributed by atoms with Gasteiger partial charge in [-0.05, 0) is 23.6 Å². The summed E-state index contributed by atoms with van der Waals surface area (Å²) in [6.07, 6.45) is 1.88. The van der Waals surface area contributed by atoms with Gasteiger partial charge in [0.25, 0.3) is 0 Å². The van der Waals surface area contributed by atoms with Crippen LogP contribution in [0.5, 0.6) is 0 Å². The molecule has 6 nitrogen and oxygen atoms in total. The summed E-state index contributed by atoms with van der Waals surface area (Å²) in [6, 6.07) is 16.4. The molecule has 28 heavy (non-hydrogen) atoms. The van der Waals surface area contributed by atoms with E-state index in [0.29, 0.717) is 18.8 Å². The Bertz CT molecular complexity index is 957. The predicted octanol–water partition coefficient (Wildman–Crippen LogP) is 3.10. The lowest BCUT2D eigenvalue weighted by Crippen LogP contribution is -2.43. The minimum atomic E-state index is -0.103. The van der Waals surface area contributed by atoms with E-state index >= 15 is 0 Å². The third-order valence-corrected chi connectivity index (χ3v) is 5.11. The minimum absolute atomic E-state index is 0.103. The van der Waals surface area contributed by atoms with Crippen molar-refractivity contribution in [3.05, 3.63) is 77.0 Å². The topological polar surface area (TPSA) is 69.0 Å². The molecule has 1 N–H and O–H groups in total. The number of benzene rings is 2. The summed E-state index contributed by atoms with van der Waals surface area (Å²) >= 11 is 0. The summed E-state index contributed by atoms with van der Waals surface area (Å²) < 4.78 is 5.32. The van der Waals surface area contributed by atoms with Gasteiger partial charge in [-0.3, -0.25) is 4.79 Å². The van der Waals surface area contributed by atoms with Crippen LogP contribution >= 0.6 is 0 Å². The fourth-order valence-corrected chi connectivity index (χ4v) is 3.26. The van der Waals surface area contributed by atoms with Gasteiger partial charge in [-0.2, -0.15) is 9.90 Å². The van der Waals surface area contributed by atoms with Gasteiger partial charge in [-0.1, -0.05) is 61.0 Å². The monoisotopic (exact) mass is 376 g/mol. The van der Waals surface area contributed by atoms with E-state index in [9.17, 15) is 4.79 Å². The van der Waals surface area contributed by atoms with Crippen LogP contribution in [-0.4, -0.2) is 34.1 Å². The summed E-state index contributed by atoms with van der Waals surface area (Å²) in [7, 11) is 0. The molecule has 1 saturated heterocycles. The average molecular weight is 376 g/mol. The quantitative estimate of drug-likeness (QED) is 0.718. The highest BCUT2D eigenvalue weighted by atomic mass is 16.5. The zero-order chi connectivity index (χ0) is 19.6. The summed E-state index contributed by atoms with van der Waals surface area (Å²) in [6.45, 7) is 6.33. The second kappa shape index (κ2) is 7.56. The van der Waals surface area contributed by atoms with E-state index in [1.165, 1.54) is 11.1 Å². The molecular formula is C22H24N4O2.